The number of rotatable bonds is 1. The van der Waals surface area contributed by atoms with E-state index in [1.807, 2.05) is 0 Å². The van der Waals surface area contributed by atoms with Crippen molar-refractivity contribution in [1.82, 2.24) is 9.97 Å². The van der Waals surface area contributed by atoms with E-state index in [1.165, 1.54) is 13.4 Å². The highest BCUT2D eigenvalue weighted by Gasteiger charge is 2.07. The summed E-state index contributed by atoms with van der Waals surface area (Å²) in [6.45, 7) is 0. The van der Waals surface area contributed by atoms with Gasteiger partial charge in [0.2, 0.25) is 0 Å². The third-order valence-electron chi connectivity index (χ3n) is 1.89. The molecule has 0 amide bonds. The molecular weight excluding hydrogens is 248 g/mol. The number of nitrogens with zero attached hydrogens (tertiary/aromatic N) is 1. The number of hydrogen-bond acceptors (Lipinski definition) is 3. The summed E-state index contributed by atoms with van der Waals surface area (Å²) in [6.07, 6.45) is 1.37. The van der Waals surface area contributed by atoms with Gasteiger partial charge in [0.25, 0.3) is 5.56 Å². The predicted octanol–water partition coefficient (Wildman–Crippen LogP) is 1.69. The zero-order valence-electron chi connectivity index (χ0n) is 7.37. The van der Waals surface area contributed by atoms with Crippen LogP contribution in [0.2, 0.25) is 0 Å². The second-order valence-electron chi connectivity index (χ2n) is 2.73. The number of aromatic nitrogens is 2. The first-order chi connectivity index (χ1) is 6.72. The average Bonchev–Trinajstić information content (AvgIpc) is 2.16. The van der Waals surface area contributed by atoms with E-state index in [1.54, 1.807) is 12.1 Å². The molecule has 0 aliphatic heterocycles. The highest BCUT2D eigenvalue weighted by molar-refractivity contribution is 9.10. The van der Waals surface area contributed by atoms with Crippen LogP contribution in [0.3, 0.4) is 0 Å². The number of hydrogen-bond donors (Lipinski definition) is 1. The van der Waals surface area contributed by atoms with Gasteiger partial charge in [-0.3, -0.25) is 4.79 Å². The largest absolute Gasteiger partial charge is 0.496 e. The van der Waals surface area contributed by atoms with Crippen molar-refractivity contribution in [2.75, 3.05) is 7.11 Å². The zero-order chi connectivity index (χ0) is 10.1. The minimum absolute atomic E-state index is 0.195. The van der Waals surface area contributed by atoms with Gasteiger partial charge < -0.3 is 9.72 Å². The van der Waals surface area contributed by atoms with Crippen molar-refractivity contribution in [2.45, 2.75) is 0 Å². The van der Waals surface area contributed by atoms with Crippen molar-refractivity contribution in [1.29, 1.82) is 0 Å². The van der Waals surface area contributed by atoms with E-state index >= 15 is 0 Å². The number of ether oxygens (including phenoxy) is 1. The first-order valence-corrected chi connectivity index (χ1v) is 4.72. The minimum Gasteiger partial charge on any atom is -0.496 e. The Labute approximate surface area is 88.1 Å². The molecule has 0 aliphatic carbocycles. The summed E-state index contributed by atoms with van der Waals surface area (Å²) < 4.78 is 5.93. The molecule has 72 valence electrons. The maximum atomic E-state index is 11.5. The van der Waals surface area contributed by atoms with Crippen LogP contribution in [0, 0.1) is 0 Å². The van der Waals surface area contributed by atoms with E-state index in [9.17, 15) is 4.79 Å². The lowest BCUT2D eigenvalue weighted by Crippen LogP contribution is -2.07. The standard InChI is InChI=1S/C9H7BrN2O2/c1-14-7-3-5(10)2-6-8(7)9(13)12-4-11-6/h2-4H,1H3,(H,11,12,13). The third kappa shape index (κ3) is 1.39. The SMILES string of the molecule is COc1cc(Br)cc2nc[nH]c(=O)c12. The fourth-order valence-electron chi connectivity index (χ4n) is 1.29. The van der Waals surface area contributed by atoms with Crippen LogP contribution in [0.4, 0.5) is 0 Å². The lowest BCUT2D eigenvalue weighted by molar-refractivity contribution is 0.419. The van der Waals surface area contributed by atoms with Gasteiger partial charge in [-0.2, -0.15) is 0 Å². The van der Waals surface area contributed by atoms with Gasteiger partial charge in [0.1, 0.15) is 11.1 Å². The smallest absolute Gasteiger partial charge is 0.262 e. The van der Waals surface area contributed by atoms with E-state index in [0.29, 0.717) is 16.7 Å². The summed E-state index contributed by atoms with van der Waals surface area (Å²) >= 11 is 3.32. The van der Waals surface area contributed by atoms with E-state index < -0.39 is 0 Å². The van der Waals surface area contributed by atoms with Gasteiger partial charge in [0.15, 0.2) is 0 Å². The molecule has 0 saturated heterocycles. The van der Waals surface area contributed by atoms with E-state index in [2.05, 4.69) is 25.9 Å². The van der Waals surface area contributed by atoms with Crippen LogP contribution in [0.25, 0.3) is 10.9 Å². The monoisotopic (exact) mass is 254 g/mol. The summed E-state index contributed by atoms with van der Waals surface area (Å²) in [4.78, 5) is 18.0. The molecule has 0 saturated carbocycles. The summed E-state index contributed by atoms with van der Waals surface area (Å²) in [6, 6.07) is 3.51. The lowest BCUT2D eigenvalue weighted by atomic mass is 10.2. The van der Waals surface area contributed by atoms with Crippen LogP contribution in [0.1, 0.15) is 0 Å². The van der Waals surface area contributed by atoms with Gasteiger partial charge in [-0.25, -0.2) is 4.98 Å². The van der Waals surface area contributed by atoms with Gasteiger partial charge in [0, 0.05) is 4.47 Å². The molecular formula is C9H7BrN2O2. The molecule has 0 atom stereocenters. The number of halogens is 1. The Morgan fingerprint density at radius 3 is 3.00 bits per heavy atom. The number of fused-ring (bicyclic) bond motifs is 1. The molecule has 4 nitrogen and oxygen atoms in total. The molecule has 2 rings (SSSR count). The lowest BCUT2D eigenvalue weighted by Gasteiger charge is -2.03. The number of benzene rings is 1. The molecule has 0 fully saturated rings. The number of aromatic amines is 1. The normalized spacial score (nSPS) is 10.4. The second kappa shape index (κ2) is 3.42. The summed E-state index contributed by atoms with van der Waals surface area (Å²) in [5, 5.41) is 0.471. The first-order valence-electron chi connectivity index (χ1n) is 3.93. The maximum Gasteiger partial charge on any atom is 0.262 e. The van der Waals surface area contributed by atoms with Crippen molar-refractivity contribution < 1.29 is 4.74 Å². The van der Waals surface area contributed by atoms with Crippen molar-refractivity contribution in [2.24, 2.45) is 0 Å². The van der Waals surface area contributed by atoms with Gasteiger partial charge >= 0.3 is 0 Å². The Morgan fingerprint density at radius 1 is 1.50 bits per heavy atom. The van der Waals surface area contributed by atoms with Crippen molar-refractivity contribution in [3.8, 4) is 5.75 Å². The number of methoxy groups -OCH3 is 1. The highest BCUT2D eigenvalue weighted by atomic mass is 79.9. The summed E-state index contributed by atoms with van der Waals surface area (Å²) in [5.41, 5.74) is 0.416. The average molecular weight is 255 g/mol. The van der Waals surface area contributed by atoms with E-state index in [-0.39, 0.29) is 5.56 Å². The molecule has 1 aromatic heterocycles. The Hall–Kier alpha value is -1.36. The molecule has 1 heterocycles. The topological polar surface area (TPSA) is 55.0 Å². The minimum atomic E-state index is -0.195. The third-order valence-corrected chi connectivity index (χ3v) is 2.35. The molecule has 2 aromatic rings. The van der Waals surface area contributed by atoms with Crippen LogP contribution in [-0.2, 0) is 0 Å². The Kier molecular flexibility index (Phi) is 2.25. The first kappa shape index (κ1) is 9.21. The summed E-state index contributed by atoms with van der Waals surface area (Å²) in [7, 11) is 1.52. The Bertz CT molecular complexity index is 536. The summed E-state index contributed by atoms with van der Waals surface area (Å²) in [5.74, 6) is 0.517. The van der Waals surface area contributed by atoms with Crippen molar-refractivity contribution in [3.63, 3.8) is 0 Å². The van der Waals surface area contributed by atoms with Gasteiger partial charge in [-0.1, -0.05) is 15.9 Å². The van der Waals surface area contributed by atoms with Gasteiger partial charge in [-0.15, -0.1) is 0 Å². The Morgan fingerprint density at radius 2 is 2.29 bits per heavy atom. The van der Waals surface area contributed by atoms with Crippen LogP contribution in [-0.4, -0.2) is 17.1 Å². The highest BCUT2D eigenvalue weighted by Crippen LogP contribution is 2.25. The van der Waals surface area contributed by atoms with E-state index in [0.717, 1.165) is 4.47 Å². The Balaban J connectivity index is 2.96. The fraction of sp³-hybridized carbons (Fsp3) is 0.111. The van der Waals surface area contributed by atoms with Gasteiger partial charge in [0.05, 0.1) is 19.0 Å². The van der Waals surface area contributed by atoms with Crippen molar-refractivity contribution in [3.05, 3.63) is 33.3 Å². The molecule has 1 N–H and O–H groups in total. The molecule has 14 heavy (non-hydrogen) atoms. The van der Waals surface area contributed by atoms with Crippen LogP contribution >= 0.6 is 15.9 Å². The van der Waals surface area contributed by atoms with Crippen LogP contribution < -0.4 is 10.3 Å². The number of H-pyrrole nitrogens is 1. The zero-order valence-corrected chi connectivity index (χ0v) is 8.96. The molecule has 0 bridgehead atoms. The van der Waals surface area contributed by atoms with Crippen LogP contribution in [0.5, 0.6) is 5.75 Å². The predicted molar refractivity (Wildman–Crippen MR) is 56.6 cm³/mol. The molecule has 1 aromatic carbocycles. The molecule has 0 unspecified atom stereocenters. The molecule has 0 spiro atoms. The maximum absolute atomic E-state index is 11.5. The molecule has 5 heteroatoms. The van der Waals surface area contributed by atoms with Crippen molar-refractivity contribution >= 4 is 26.8 Å². The fourth-order valence-corrected chi connectivity index (χ4v) is 1.72. The second-order valence-corrected chi connectivity index (χ2v) is 3.65. The van der Waals surface area contributed by atoms with Gasteiger partial charge in [-0.05, 0) is 12.1 Å². The quantitative estimate of drug-likeness (QED) is 0.843. The van der Waals surface area contributed by atoms with Crippen LogP contribution in [0.15, 0.2) is 27.7 Å². The number of nitrogens with one attached hydrogen (secondary N) is 1. The molecule has 0 radical (unpaired) electrons. The molecule has 0 aliphatic rings. The van der Waals surface area contributed by atoms with E-state index in [4.69, 9.17) is 4.74 Å².